The van der Waals surface area contributed by atoms with Crippen molar-refractivity contribution in [3.8, 4) is 0 Å². The number of hydrogen-bond acceptors (Lipinski definition) is 3. The van der Waals surface area contributed by atoms with Crippen LogP contribution in [0.3, 0.4) is 0 Å². The van der Waals surface area contributed by atoms with Crippen molar-refractivity contribution in [2.45, 2.75) is 50.7 Å². The largest absolute Gasteiger partial charge is 0.385 e. The molecule has 146 valence electrons. The highest BCUT2D eigenvalue weighted by Crippen LogP contribution is 2.31. The number of nitrogens with one attached hydrogen (secondary N) is 1. The Bertz CT molecular complexity index is 822. The van der Waals surface area contributed by atoms with Crippen LogP contribution in [0.25, 0.3) is 10.9 Å². The zero-order chi connectivity index (χ0) is 18.9. The highest BCUT2D eigenvalue weighted by atomic mass is 35.5. The van der Waals surface area contributed by atoms with Gasteiger partial charge >= 0.3 is 0 Å². The van der Waals surface area contributed by atoms with E-state index in [1.165, 1.54) is 25.7 Å². The summed E-state index contributed by atoms with van der Waals surface area (Å²) >= 11 is 6.42. The molecule has 0 unspecified atom stereocenters. The molecule has 1 aromatic carbocycles. The first-order chi connectivity index (χ1) is 13.1. The third kappa shape index (κ3) is 4.00. The lowest BCUT2D eigenvalue weighted by molar-refractivity contribution is -0.182. The Morgan fingerprint density at radius 1 is 1.33 bits per heavy atom. The van der Waals surface area contributed by atoms with Crippen molar-refractivity contribution in [1.29, 1.82) is 0 Å². The molecule has 2 heterocycles. The van der Waals surface area contributed by atoms with Crippen molar-refractivity contribution in [1.82, 2.24) is 9.88 Å². The molecule has 1 aliphatic carbocycles. The lowest BCUT2D eigenvalue weighted by Gasteiger charge is -2.36. The fourth-order valence-corrected chi connectivity index (χ4v) is 4.53. The molecule has 0 bridgehead atoms. The SMILES string of the molecule is O=C(NCCC1CCCC1)c1cn(CCC2(O)COC2)c2cccc(Cl)c12. The minimum atomic E-state index is -0.751. The quantitative estimate of drug-likeness (QED) is 0.756. The maximum atomic E-state index is 12.8. The Kier molecular flexibility index (Phi) is 5.44. The number of ether oxygens (including phenoxy) is 1. The normalized spacial score (nSPS) is 19.3. The third-order valence-electron chi connectivity index (χ3n) is 5.97. The molecule has 0 radical (unpaired) electrons. The number of aromatic nitrogens is 1. The Morgan fingerprint density at radius 3 is 2.81 bits per heavy atom. The molecule has 1 aliphatic heterocycles. The molecular formula is C21H27ClN2O3. The van der Waals surface area contributed by atoms with Crippen LogP contribution in [0, 0.1) is 5.92 Å². The van der Waals surface area contributed by atoms with E-state index in [1.807, 2.05) is 29.0 Å². The van der Waals surface area contributed by atoms with Gasteiger partial charge in [0, 0.05) is 24.7 Å². The molecule has 0 spiro atoms. The van der Waals surface area contributed by atoms with Crippen LogP contribution in [0.5, 0.6) is 0 Å². The van der Waals surface area contributed by atoms with E-state index in [0.717, 1.165) is 23.2 Å². The van der Waals surface area contributed by atoms with Gasteiger partial charge in [-0.25, -0.2) is 0 Å². The first-order valence-electron chi connectivity index (χ1n) is 9.91. The van der Waals surface area contributed by atoms with Crippen LogP contribution >= 0.6 is 11.6 Å². The number of aliphatic hydroxyl groups is 1. The number of rotatable bonds is 7. The third-order valence-corrected chi connectivity index (χ3v) is 6.29. The molecule has 2 aromatic rings. The Balaban J connectivity index is 1.49. The molecule has 2 N–H and O–H groups in total. The van der Waals surface area contributed by atoms with E-state index in [1.54, 1.807) is 0 Å². The Morgan fingerprint density at radius 2 is 2.11 bits per heavy atom. The number of hydrogen-bond donors (Lipinski definition) is 2. The molecule has 1 saturated heterocycles. The van der Waals surface area contributed by atoms with E-state index in [2.05, 4.69) is 5.32 Å². The number of amides is 1. The van der Waals surface area contributed by atoms with Gasteiger partial charge in [0.15, 0.2) is 0 Å². The molecule has 27 heavy (non-hydrogen) atoms. The standard InChI is InChI=1S/C21H27ClN2O3/c22-17-6-3-7-18-19(17)16(12-24(18)11-9-21(26)13-27-14-21)20(25)23-10-8-15-4-1-2-5-15/h3,6-7,12,15,26H,1-2,4-5,8-11,13-14H2,(H,23,25). The van der Waals surface area contributed by atoms with Crippen LogP contribution in [0.1, 0.15) is 48.9 Å². The maximum Gasteiger partial charge on any atom is 0.253 e. The van der Waals surface area contributed by atoms with Crippen LogP contribution in [0.15, 0.2) is 24.4 Å². The lowest BCUT2D eigenvalue weighted by atomic mass is 9.98. The molecule has 1 aromatic heterocycles. The van der Waals surface area contributed by atoms with Gasteiger partial charge in [-0.2, -0.15) is 0 Å². The average molecular weight is 391 g/mol. The molecule has 2 fully saturated rings. The number of nitrogens with zero attached hydrogens (tertiary/aromatic N) is 1. The molecular weight excluding hydrogens is 364 g/mol. The minimum Gasteiger partial charge on any atom is -0.385 e. The Hall–Kier alpha value is -1.56. The number of carbonyl (C=O) groups excluding carboxylic acids is 1. The van der Waals surface area contributed by atoms with E-state index in [9.17, 15) is 9.90 Å². The van der Waals surface area contributed by atoms with Crippen molar-refractivity contribution >= 4 is 28.4 Å². The summed E-state index contributed by atoms with van der Waals surface area (Å²) in [5, 5.41) is 14.7. The van der Waals surface area contributed by atoms with Crippen molar-refractivity contribution in [2.24, 2.45) is 5.92 Å². The monoisotopic (exact) mass is 390 g/mol. The Labute approximate surface area is 164 Å². The highest BCUT2D eigenvalue weighted by molar-refractivity contribution is 6.36. The number of benzene rings is 1. The molecule has 6 heteroatoms. The second kappa shape index (κ2) is 7.82. The first kappa shape index (κ1) is 18.8. The van der Waals surface area contributed by atoms with Gasteiger partial charge in [0.2, 0.25) is 0 Å². The van der Waals surface area contributed by atoms with E-state index in [4.69, 9.17) is 16.3 Å². The van der Waals surface area contributed by atoms with Gasteiger partial charge in [0.25, 0.3) is 5.91 Å². The van der Waals surface area contributed by atoms with Crippen LogP contribution in [0.4, 0.5) is 0 Å². The lowest BCUT2D eigenvalue weighted by Crippen LogP contribution is -2.50. The minimum absolute atomic E-state index is 0.0736. The summed E-state index contributed by atoms with van der Waals surface area (Å²) < 4.78 is 7.14. The van der Waals surface area contributed by atoms with Gasteiger partial charge in [0.1, 0.15) is 5.60 Å². The smallest absolute Gasteiger partial charge is 0.253 e. The molecule has 5 nitrogen and oxygen atoms in total. The summed E-state index contributed by atoms with van der Waals surface area (Å²) in [6.07, 6.45) is 8.71. The van der Waals surface area contributed by atoms with E-state index < -0.39 is 5.60 Å². The van der Waals surface area contributed by atoms with Gasteiger partial charge in [-0.05, 0) is 30.9 Å². The zero-order valence-corrected chi connectivity index (χ0v) is 16.3. The maximum absolute atomic E-state index is 12.8. The van der Waals surface area contributed by atoms with E-state index >= 15 is 0 Å². The van der Waals surface area contributed by atoms with Crippen LogP contribution in [0.2, 0.25) is 5.02 Å². The predicted octanol–water partition coefficient (Wildman–Crippen LogP) is 3.76. The predicted molar refractivity (Wildman–Crippen MR) is 106 cm³/mol. The fraction of sp³-hybridized carbons (Fsp3) is 0.571. The summed E-state index contributed by atoms with van der Waals surface area (Å²) in [7, 11) is 0. The molecule has 2 aliphatic rings. The number of halogens is 1. The van der Waals surface area contributed by atoms with Gasteiger partial charge in [-0.3, -0.25) is 4.79 Å². The van der Waals surface area contributed by atoms with Crippen molar-refractivity contribution in [2.75, 3.05) is 19.8 Å². The van der Waals surface area contributed by atoms with Gasteiger partial charge < -0.3 is 19.7 Å². The van der Waals surface area contributed by atoms with Gasteiger partial charge in [-0.15, -0.1) is 0 Å². The van der Waals surface area contributed by atoms with Gasteiger partial charge in [-0.1, -0.05) is 43.4 Å². The van der Waals surface area contributed by atoms with Crippen LogP contribution in [-0.4, -0.2) is 40.9 Å². The number of fused-ring (bicyclic) bond motifs is 1. The molecule has 1 saturated carbocycles. The van der Waals surface area contributed by atoms with E-state index in [0.29, 0.717) is 43.3 Å². The first-order valence-corrected chi connectivity index (χ1v) is 10.3. The van der Waals surface area contributed by atoms with E-state index in [-0.39, 0.29) is 5.91 Å². The summed E-state index contributed by atoms with van der Waals surface area (Å²) in [6, 6.07) is 5.68. The second-order valence-corrected chi connectivity index (χ2v) is 8.44. The fourth-order valence-electron chi connectivity index (χ4n) is 4.26. The second-order valence-electron chi connectivity index (χ2n) is 8.03. The highest BCUT2D eigenvalue weighted by Gasteiger charge is 2.35. The zero-order valence-electron chi connectivity index (χ0n) is 15.5. The average Bonchev–Trinajstić information content (AvgIpc) is 3.27. The molecule has 4 rings (SSSR count). The molecule has 0 atom stereocenters. The van der Waals surface area contributed by atoms with Crippen molar-refractivity contribution < 1.29 is 14.6 Å². The topological polar surface area (TPSA) is 63.5 Å². The van der Waals surface area contributed by atoms with Gasteiger partial charge in [0.05, 0.1) is 29.3 Å². The number of carbonyl (C=O) groups is 1. The molecule has 1 amide bonds. The summed E-state index contributed by atoms with van der Waals surface area (Å²) in [4.78, 5) is 12.8. The van der Waals surface area contributed by atoms with Crippen molar-refractivity contribution in [3.63, 3.8) is 0 Å². The summed E-state index contributed by atoms with van der Waals surface area (Å²) in [5.74, 6) is 0.677. The van der Waals surface area contributed by atoms with Crippen molar-refractivity contribution in [3.05, 3.63) is 35.0 Å². The number of aryl methyl sites for hydroxylation is 1. The summed E-state index contributed by atoms with van der Waals surface area (Å²) in [5.41, 5.74) is 0.782. The van der Waals surface area contributed by atoms with Crippen LogP contribution < -0.4 is 5.32 Å². The summed E-state index contributed by atoms with van der Waals surface area (Å²) in [6.45, 7) is 2.08. The van der Waals surface area contributed by atoms with Crippen LogP contribution in [-0.2, 0) is 11.3 Å².